The van der Waals surface area contributed by atoms with Crippen LogP contribution < -0.4 is 0 Å². The molecule has 0 aliphatic rings. The van der Waals surface area contributed by atoms with Crippen LogP contribution in [-0.4, -0.2) is 4.98 Å². The number of rotatable bonds is 1. The molecule has 0 saturated heterocycles. The molecule has 4 aromatic rings. The summed E-state index contributed by atoms with van der Waals surface area (Å²) in [6.07, 6.45) is 1.92. The predicted octanol–water partition coefficient (Wildman–Crippen LogP) is 4.85. The fourth-order valence-electron chi connectivity index (χ4n) is 2.51. The molecule has 1 radical (unpaired) electrons. The third-order valence-electron chi connectivity index (χ3n) is 3.59. The fourth-order valence-corrected chi connectivity index (χ4v) is 2.51. The van der Waals surface area contributed by atoms with Crippen molar-refractivity contribution in [2.45, 2.75) is 0 Å². The monoisotopic (exact) mass is 447 g/mol. The summed E-state index contributed by atoms with van der Waals surface area (Å²) in [7, 11) is 0. The first kappa shape index (κ1) is 13.9. The Morgan fingerprint density at radius 1 is 0.714 bits per heavy atom. The number of hydrogen-bond donors (Lipinski definition) is 0. The Bertz CT molecular complexity index is 838. The van der Waals surface area contributed by atoms with Gasteiger partial charge in [-0.05, 0) is 16.5 Å². The SMILES string of the molecule is [Ir].[c-]1cc2ccccc2cc1-c1cc2ccccc2cn1. The average molecular weight is 447 g/mol. The van der Waals surface area contributed by atoms with Gasteiger partial charge in [0.05, 0.1) is 0 Å². The summed E-state index contributed by atoms with van der Waals surface area (Å²) in [5, 5.41) is 4.80. The van der Waals surface area contributed by atoms with E-state index in [-0.39, 0.29) is 20.1 Å². The summed E-state index contributed by atoms with van der Waals surface area (Å²) in [6.45, 7) is 0. The van der Waals surface area contributed by atoms with E-state index in [0.717, 1.165) is 16.6 Å². The standard InChI is InChI=1S/C19H12N.Ir/c1-2-6-15-11-17(10-9-14(15)5-1)19-12-16-7-3-4-8-18(16)13-20-19;/h1-9,11-13H;/q-1;. The zero-order chi connectivity index (χ0) is 13.4. The Hall–Kier alpha value is -2.02. The van der Waals surface area contributed by atoms with Gasteiger partial charge in [-0.1, -0.05) is 60.0 Å². The number of nitrogens with zero attached hydrogens (tertiary/aromatic N) is 1. The van der Waals surface area contributed by atoms with Crippen LogP contribution in [0.25, 0.3) is 32.8 Å². The van der Waals surface area contributed by atoms with Gasteiger partial charge in [0.15, 0.2) is 0 Å². The van der Waals surface area contributed by atoms with E-state index in [1.165, 1.54) is 16.2 Å². The number of benzene rings is 3. The number of fused-ring (bicyclic) bond motifs is 2. The van der Waals surface area contributed by atoms with Crippen LogP contribution in [-0.2, 0) is 20.1 Å². The van der Waals surface area contributed by atoms with Crippen molar-refractivity contribution in [1.82, 2.24) is 4.98 Å². The summed E-state index contributed by atoms with van der Waals surface area (Å²) in [4.78, 5) is 4.55. The number of hydrogen-bond acceptors (Lipinski definition) is 1. The first-order chi connectivity index (χ1) is 9.90. The third-order valence-corrected chi connectivity index (χ3v) is 3.59. The van der Waals surface area contributed by atoms with Gasteiger partial charge in [0.25, 0.3) is 0 Å². The molecule has 2 heteroatoms. The second-order valence-corrected chi connectivity index (χ2v) is 4.89. The molecule has 1 heterocycles. The zero-order valence-corrected chi connectivity index (χ0v) is 13.6. The van der Waals surface area contributed by atoms with Gasteiger partial charge in [0.1, 0.15) is 0 Å². The summed E-state index contributed by atoms with van der Waals surface area (Å²) in [6, 6.07) is 26.2. The van der Waals surface area contributed by atoms with Crippen molar-refractivity contribution in [1.29, 1.82) is 0 Å². The van der Waals surface area contributed by atoms with E-state index in [4.69, 9.17) is 0 Å². The molecule has 0 unspecified atom stereocenters. The molecule has 0 spiro atoms. The van der Waals surface area contributed by atoms with Gasteiger partial charge in [-0.2, -0.15) is 0 Å². The fraction of sp³-hybridized carbons (Fsp3) is 0. The summed E-state index contributed by atoms with van der Waals surface area (Å²) in [5.41, 5.74) is 2.00. The van der Waals surface area contributed by atoms with Crippen molar-refractivity contribution in [2.24, 2.45) is 0 Å². The van der Waals surface area contributed by atoms with Gasteiger partial charge in [-0.3, -0.25) is 0 Å². The van der Waals surface area contributed by atoms with Gasteiger partial charge < -0.3 is 4.98 Å². The Kier molecular flexibility index (Phi) is 3.83. The van der Waals surface area contributed by atoms with Crippen molar-refractivity contribution in [3.8, 4) is 11.3 Å². The molecule has 103 valence electrons. The van der Waals surface area contributed by atoms with Crippen LogP contribution in [0.15, 0.2) is 72.9 Å². The molecule has 1 nitrogen and oxygen atoms in total. The maximum atomic E-state index is 4.55. The van der Waals surface area contributed by atoms with Crippen molar-refractivity contribution < 1.29 is 20.1 Å². The molecule has 0 N–H and O–H groups in total. The molecule has 0 amide bonds. The summed E-state index contributed by atoms with van der Waals surface area (Å²) < 4.78 is 0. The first-order valence-electron chi connectivity index (χ1n) is 6.66. The van der Waals surface area contributed by atoms with Crippen molar-refractivity contribution in [3.05, 3.63) is 79.0 Å². The normalized spacial score (nSPS) is 10.5. The molecule has 1 aromatic heterocycles. The maximum Gasteiger partial charge on any atom is 0.0239 e. The molecular weight excluding hydrogens is 434 g/mol. The average Bonchev–Trinajstić information content (AvgIpc) is 2.54. The first-order valence-corrected chi connectivity index (χ1v) is 6.66. The van der Waals surface area contributed by atoms with Crippen LogP contribution in [0, 0.1) is 6.07 Å². The van der Waals surface area contributed by atoms with E-state index in [2.05, 4.69) is 59.6 Å². The molecule has 3 aromatic carbocycles. The van der Waals surface area contributed by atoms with Crippen LogP contribution in [0.5, 0.6) is 0 Å². The molecule has 4 rings (SSSR count). The molecule has 0 atom stereocenters. The van der Waals surface area contributed by atoms with E-state index < -0.39 is 0 Å². The topological polar surface area (TPSA) is 12.9 Å². The van der Waals surface area contributed by atoms with Gasteiger partial charge in [-0.25, -0.2) is 0 Å². The Morgan fingerprint density at radius 2 is 1.33 bits per heavy atom. The molecule has 21 heavy (non-hydrogen) atoms. The zero-order valence-electron chi connectivity index (χ0n) is 11.2. The molecule has 0 saturated carbocycles. The Labute approximate surface area is 137 Å². The van der Waals surface area contributed by atoms with Crippen molar-refractivity contribution >= 4 is 21.5 Å². The smallest absolute Gasteiger partial charge is 0.0239 e. The minimum absolute atomic E-state index is 0. The Balaban J connectivity index is 0.00000132. The van der Waals surface area contributed by atoms with E-state index in [1.807, 2.05) is 24.4 Å². The van der Waals surface area contributed by atoms with Gasteiger partial charge >= 0.3 is 0 Å². The molecule has 0 aliphatic heterocycles. The quantitative estimate of drug-likeness (QED) is 0.381. The Morgan fingerprint density at radius 3 is 2.10 bits per heavy atom. The second-order valence-electron chi connectivity index (χ2n) is 4.89. The van der Waals surface area contributed by atoms with Crippen LogP contribution in [0.2, 0.25) is 0 Å². The molecular formula is C19H12IrN-. The third kappa shape index (κ3) is 2.61. The number of aromatic nitrogens is 1. The second kappa shape index (κ2) is 5.77. The van der Waals surface area contributed by atoms with Crippen LogP contribution in [0.3, 0.4) is 0 Å². The summed E-state index contributed by atoms with van der Waals surface area (Å²) in [5.74, 6) is 0. The van der Waals surface area contributed by atoms with E-state index in [9.17, 15) is 0 Å². The van der Waals surface area contributed by atoms with Crippen LogP contribution in [0.4, 0.5) is 0 Å². The summed E-state index contributed by atoms with van der Waals surface area (Å²) >= 11 is 0. The predicted molar refractivity (Wildman–Crippen MR) is 83.5 cm³/mol. The molecule has 0 aliphatic carbocycles. The van der Waals surface area contributed by atoms with E-state index >= 15 is 0 Å². The minimum atomic E-state index is 0. The van der Waals surface area contributed by atoms with E-state index in [0.29, 0.717) is 0 Å². The molecule has 0 bridgehead atoms. The number of pyridine rings is 1. The van der Waals surface area contributed by atoms with Gasteiger partial charge in [0, 0.05) is 26.3 Å². The van der Waals surface area contributed by atoms with Crippen LogP contribution in [0.1, 0.15) is 0 Å². The van der Waals surface area contributed by atoms with Gasteiger partial charge in [-0.15, -0.1) is 29.1 Å². The van der Waals surface area contributed by atoms with Crippen molar-refractivity contribution in [3.63, 3.8) is 0 Å². The van der Waals surface area contributed by atoms with Crippen molar-refractivity contribution in [2.75, 3.05) is 0 Å². The molecule has 0 fully saturated rings. The maximum absolute atomic E-state index is 4.55. The van der Waals surface area contributed by atoms with Gasteiger partial charge in [0.2, 0.25) is 0 Å². The van der Waals surface area contributed by atoms with Crippen LogP contribution >= 0.6 is 0 Å². The minimum Gasteiger partial charge on any atom is -0.304 e. The van der Waals surface area contributed by atoms with E-state index in [1.54, 1.807) is 0 Å². The largest absolute Gasteiger partial charge is 0.304 e.